The number of alkyl halides is 3. The topological polar surface area (TPSA) is 76.2 Å². The van der Waals surface area contributed by atoms with Gasteiger partial charge >= 0.3 is 12.1 Å². The number of carboxylic acid groups (broad SMARTS) is 1. The van der Waals surface area contributed by atoms with Gasteiger partial charge in [-0.3, -0.25) is 4.79 Å². The van der Waals surface area contributed by atoms with Crippen LogP contribution in [0.25, 0.3) is 0 Å². The summed E-state index contributed by atoms with van der Waals surface area (Å²) < 4.78 is 40.3. The molecule has 0 radical (unpaired) electrons. The van der Waals surface area contributed by atoms with Gasteiger partial charge in [0.2, 0.25) is 5.89 Å². The molecule has 0 aromatic carbocycles. The van der Waals surface area contributed by atoms with Crippen molar-refractivity contribution in [3.8, 4) is 0 Å². The molecule has 0 saturated heterocycles. The van der Waals surface area contributed by atoms with Crippen LogP contribution in [0.3, 0.4) is 0 Å². The molecule has 0 bridgehead atoms. The second kappa shape index (κ2) is 4.95. The molecule has 0 saturated carbocycles. The van der Waals surface area contributed by atoms with Gasteiger partial charge in [-0.1, -0.05) is 5.16 Å². The van der Waals surface area contributed by atoms with Crippen LogP contribution in [0, 0.1) is 0 Å². The highest BCUT2D eigenvalue weighted by Crippen LogP contribution is 2.19. The van der Waals surface area contributed by atoms with Crippen LogP contribution < -0.4 is 0 Å². The van der Waals surface area contributed by atoms with Gasteiger partial charge in [-0.05, 0) is 6.42 Å². The van der Waals surface area contributed by atoms with E-state index in [-0.39, 0.29) is 25.2 Å². The average Bonchev–Trinajstić information content (AvgIpc) is 2.48. The molecule has 0 aliphatic heterocycles. The molecule has 1 N–H and O–H groups in total. The maximum atomic E-state index is 11.9. The highest BCUT2D eigenvalue weighted by atomic mass is 19.4. The molecule has 0 amide bonds. The maximum absolute atomic E-state index is 11.9. The van der Waals surface area contributed by atoms with Crippen molar-refractivity contribution in [3.05, 3.63) is 11.7 Å². The molecule has 5 nitrogen and oxygen atoms in total. The number of carboxylic acids is 1. The predicted molar refractivity (Wildman–Crippen MR) is 44.6 cm³/mol. The second-order valence-corrected chi connectivity index (χ2v) is 3.14. The number of nitrogens with zero attached hydrogens (tertiary/aromatic N) is 2. The molecule has 1 rings (SSSR count). The Balaban J connectivity index is 2.42. The van der Waals surface area contributed by atoms with Crippen LogP contribution in [0.15, 0.2) is 4.52 Å². The predicted octanol–water partition coefficient (Wildman–Crippen LogP) is 1.58. The van der Waals surface area contributed by atoms with Crippen molar-refractivity contribution in [2.24, 2.45) is 0 Å². The van der Waals surface area contributed by atoms with Gasteiger partial charge in [0.1, 0.15) is 6.42 Å². The number of aromatic nitrogens is 2. The van der Waals surface area contributed by atoms with E-state index in [1.807, 2.05) is 0 Å². The van der Waals surface area contributed by atoms with Crippen molar-refractivity contribution >= 4 is 5.97 Å². The highest BCUT2D eigenvalue weighted by Gasteiger charge is 2.30. The van der Waals surface area contributed by atoms with E-state index < -0.39 is 24.4 Å². The van der Waals surface area contributed by atoms with Crippen molar-refractivity contribution in [1.82, 2.24) is 10.1 Å². The summed E-state index contributed by atoms with van der Waals surface area (Å²) in [5, 5.41) is 11.5. The van der Waals surface area contributed by atoms with E-state index in [0.717, 1.165) is 0 Å². The Labute approximate surface area is 88.3 Å². The molecule has 0 fully saturated rings. The van der Waals surface area contributed by atoms with Crippen LogP contribution >= 0.6 is 0 Å². The van der Waals surface area contributed by atoms with E-state index in [1.54, 1.807) is 0 Å². The van der Waals surface area contributed by atoms with E-state index in [0.29, 0.717) is 0 Å². The second-order valence-electron chi connectivity index (χ2n) is 3.14. The molecule has 0 unspecified atom stereocenters. The summed E-state index contributed by atoms with van der Waals surface area (Å²) in [6.07, 6.45) is -5.28. The molecule has 1 aromatic heterocycles. The summed E-state index contributed by atoms with van der Waals surface area (Å²) in [7, 11) is 0. The van der Waals surface area contributed by atoms with Gasteiger partial charge < -0.3 is 9.63 Å². The number of aliphatic carboxylic acids is 1. The maximum Gasteiger partial charge on any atom is 0.396 e. The van der Waals surface area contributed by atoms with Crippen LogP contribution in [-0.4, -0.2) is 27.4 Å². The lowest BCUT2D eigenvalue weighted by Crippen LogP contribution is -2.12. The Morgan fingerprint density at radius 1 is 1.44 bits per heavy atom. The average molecular weight is 238 g/mol. The summed E-state index contributed by atoms with van der Waals surface area (Å²) in [6, 6.07) is 0. The van der Waals surface area contributed by atoms with Gasteiger partial charge in [-0.2, -0.15) is 18.2 Å². The Kier molecular flexibility index (Phi) is 3.86. The third-order valence-electron chi connectivity index (χ3n) is 1.65. The van der Waals surface area contributed by atoms with Gasteiger partial charge in [-0.15, -0.1) is 0 Å². The van der Waals surface area contributed by atoms with Gasteiger partial charge in [0.25, 0.3) is 0 Å². The van der Waals surface area contributed by atoms with Crippen LogP contribution in [0.1, 0.15) is 24.6 Å². The molecular formula is C8H9F3N2O3. The van der Waals surface area contributed by atoms with Crippen molar-refractivity contribution in [1.29, 1.82) is 0 Å². The smallest absolute Gasteiger partial charge is 0.396 e. The van der Waals surface area contributed by atoms with E-state index >= 15 is 0 Å². The molecule has 16 heavy (non-hydrogen) atoms. The summed E-state index contributed by atoms with van der Waals surface area (Å²) in [4.78, 5) is 13.7. The minimum absolute atomic E-state index is 0.0282. The van der Waals surface area contributed by atoms with E-state index in [2.05, 4.69) is 14.7 Å². The minimum atomic E-state index is -4.37. The fourth-order valence-corrected chi connectivity index (χ4v) is 1.03. The molecule has 0 atom stereocenters. The quantitative estimate of drug-likeness (QED) is 0.842. The number of rotatable bonds is 5. The van der Waals surface area contributed by atoms with Crippen LogP contribution in [0.4, 0.5) is 13.2 Å². The lowest BCUT2D eigenvalue weighted by atomic mass is 10.2. The first-order chi connectivity index (χ1) is 7.37. The Morgan fingerprint density at radius 3 is 2.69 bits per heavy atom. The molecule has 8 heteroatoms. The SMILES string of the molecule is O=C(O)CCCc1nc(CC(F)(F)F)no1. The third-order valence-corrected chi connectivity index (χ3v) is 1.65. The first kappa shape index (κ1) is 12.5. The van der Waals surface area contributed by atoms with Gasteiger partial charge in [0.15, 0.2) is 5.82 Å². The zero-order valence-electron chi connectivity index (χ0n) is 8.12. The number of hydrogen-bond acceptors (Lipinski definition) is 4. The number of hydrogen-bond donors (Lipinski definition) is 1. The fourth-order valence-electron chi connectivity index (χ4n) is 1.03. The zero-order chi connectivity index (χ0) is 12.2. The van der Waals surface area contributed by atoms with Crippen molar-refractivity contribution in [3.63, 3.8) is 0 Å². The summed E-state index contributed by atoms with van der Waals surface area (Å²) >= 11 is 0. The van der Waals surface area contributed by atoms with E-state index in [1.165, 1.54) is 0 Å². The molecule has 0 aliphatic rings. The lowest BCUT2D eigenvalue weighted by Gasteiger charge is -1.99. The third kappa shape index (κ3) is 4.76. The number of carbonyl (C=O) groups is 1. The molecule has 0 spiro atoms. The first-order valence-electron chi connectivity index (χ1n) is 4.47. The minimum Gasteiger partial charge on any atom is -0.481 e. The molecule has 90 valence electrons. The normalized spacial score (nSPS) is 11.7. The largest absolute Gasteiger partial charge is 0.481 e. The molecule has 1 aromatic rings. The molecular weight excluding hydrogens is 229 g/mol. The summed E-state index contributed by atoms with van der Waals surface area (Å²) in [5.74, 6) is -1.38. The Morgan fingerprint density at radius 2 is 2.12 bits per heavy atom. The van der Waals surface area contributed by atoms with Crippen LogP contribution in [-0.2, 0) is 17.6 Å². The van der Waals surface area contributed by atoms with Crippen molar-refractivity contribution in [2.45, 2.75) is 31.9 Å². The number of aryl methyl sites for hydroxylation is 1. The Bertz CT molecular complexity index is 362. The highest BCUT2D eigenvalue weighted by molar-refractivity contribution is 5.66. The standard InChI is InChI=1S/C8H9F3N2O3/c9-8(10,11)4-5-12-6(16-13-5)2-1-3-7(14)15/h1-4H2,(H,14,15). The van der Waals surface area contributed by atoms with Crippen LogP contribution in [0.2, 0.25) is 0 Å². The monoisotopic (exact) mass is 238 g/mol. The zero-order valence-corrected chi connectivity index (χ0v) is 8.12. The molecule has 0 aliphatic carbocycles. The van der Waals surface area contributed by atoms with Gasteiger partial charge in [0.05, 0.1) is 0 Å². The van der Waals surface area contributed by atoms with Crippen LogP contribution in [0.5, 0.6) is 0 Å². The number of halogens is 3. The van der Waals surface area contributed by atoms with E-state index in [9.17, 15) is 18.0 Å². The fraction of sp³-hybridized carbons (Fsp3) is 0.625. The van der Waals surface area contributed by atoms with Crippen molar-refractivity contribution in [2.75, 3.05) is 0 Å². The van der Waals surface area contributed by atoms with Gasteiger partial charge in [-0.25, -0.2) is 0 Å². The molecule has 1 heterocycles. The Hall–Kier alpha value is -1.60. The summed E-state index contributed by atoms with van der Waals surface area (Å²) in [5.41, 5.74) is 0. The first-order valence-corrected chi connectivity index (χ1v) is 4.47. The lowest BCUT2D eigenvalue weighted by molar-refractivity contribution is -0.137. The summed E-state index contributed by atoms with van der Waals surface area (Å²) in [6.45, 7) is 0. The van der Waals surface area contributed by atoms with Crippen molar-refractivity contribution < 1.29 is 27.6 Å². The van der Waals surface area contributed by atoms with Gasteiger partial charge in [0, 0.05) is 12.8 Å². The van der Waals surface area contributed by atoms with E-state index in [4.69, 9.17) is 5.11 Å².